The summed E-state index contributed by atoms with van der Waals surface area (Å²) >= 11 is 0. The molecule has 0 spiro atoms. The van der Waals surface area contributed by atoms with Gasteiger partial charge in [-0.3, -0.25) is 19.7 Å². The molecule has 1 unspecified atom stereocenters. The van der Waals surface area contributed by atoms with Crippen molar-refractivity contribution in [2.45, 2.75) is 25.8 Å². The lowest BCUT2D eigenvalue weighted by atomic mass is 10.1. The Morgan fingerprint density at radius 3 is 2.65 bits per heavy atom. The first-order valence-corrected chi connectivity index (χ1v) is 7.39. The van der Waals surface area contributed by atoms with E-state index >= 15 is 0 Å². The van der Waals surface area contributed by atoms with Gasteiger partial charge in [0.05, 0.1) is 17.4 Å². The lowest BCUT2D eigenvalue weighted by molar-refractivity contribution is -0.383. The Bertz CT molecular complexity index is 615. The predicted octanol–water partition coefficient (Wildman–Crippen LogP) is 1.72. The van der Waals surface area contributed by atoms with Crippen LogP contribution in [0.1, 0.15) is 19.8 Å². The zero-order valence-corrected chi connectivity index (χ0v) is 12.8. The van der Waals surface area contributed by atoms with Crippen LogP contribution in [0.15, 0.2) is 24.3 Å². The molecule has 1 atom stereocenters. The van der Waals surface area contributed by atoms with E-state index in [2.05, 4.69) is 5.32 Å². The number of anilines is 1. The molecule has 1 amide bonds. The normalized spacial score (nSPS) is 14.8. The third-order valence-electron chi connectivity index (χ3n) is 3.73. The minimum Gasteiger partial charge on any atom is -0.481 e. The average Bonchev–Trinajstić information content (AvgIpc) is 3.34. The Morgan fingerprint density at radius 2 is 2.09 bits per heavy atom. The summed E-state index contributed by atoms with van der Waals surface area (Å²) in [6.45, 7) is 1.60. The lowest BCUT2D eigenvalue weighted by Crippen LogP contribution is -2.41. The topological polar surface area (TPSA) is 113 Å². The molecule has 1 aliphatic carbocycles. The Labute approximate surface area is 133 Å². The number of carboxylic acids is 1. The third-order valence-corrected chi connectivity index (χ3v) is 3.73. The van der Waals surface area contributed by atoms with E-state index in [0.717, 1.165) is 12.8 Å². The first-order chi connectivity index (χ1) is 10.9. The fourth-order valence-electron chi connectivity index (χ4n) is 2.27. The van der Waals surface area contributed by atoms with Gasteiger partial charge in [-0.05, 0) is 18.9 Å². The smallest absolute Gasteiger partial charge is 0.308 e. The van der Waals surface area contributed by atoms with Crippen molar-refractivity contribution in [3.63, 3.8) is 0 Å². The van der Waals surface area contributed by atoms with E-state index in [1.807, 2.05) is 0 Å². The van der Waals surface area contributed by atoms with E-state index < -0.39 is 16.8 Å². The summed E-state index contributed by atoms with van der Waals surface area (Å²) in [5.74, 6) is -1.85. The van der Waals surface area contributed by atoms with Crippen molar-refractivity contribution in [1.82, 2.24) is 4.90 Å². The highest BCUT2D eigenvalue weighted by molar-refractivity contribution is 5.83. The number of benzene rings is 1. The number of rotatable bonds is 8. The summed E-state index contributed by atoms with van der Waals surface area (Å²) in [5, 5.41) is 22.7. The number of carbonyl (C=O) groups is 2. The van der Waals surface area contributed by atoms with Crippen molar-refractivity contribution in [2.75, 3.05) is 18.4 Å². The SMILES string of the molecule is CC(CN(C(=O)CNc1ccccc1[N+](=O)[O-])C1CC1)C(=O)O. The standard InChI is InChI=1S/C15H19N3O5/c1-10(15(20)21)9-17(11-6-7-11)14(19)8-16-12-4-2-3-5-13(12)18(22)23/h2-5,10-11,16H,6-9H2,1H3,(H,20,21). The number of aliphatic carboxylic acids is 1. The number of para-hydroxylation sites is 2. The van der Waals surface area contributed by atoms with E-state index in [0.29, 0.717) is 0 Å². The molecule has 0 aromatic heterocycles. The molecule has 2 rings (SSSR count). The molecular weight excluding hydrogens is 302 g/mol. The molecule has 0 aliphatic heterocycles. The number of nitrogens with one attached hydrogen (secondary N) is 1. The number of amides is 1. The molecular formula is C15H19N3O5. The van der Waals surface area contributed by atoms with Gasteiger partial charge in [-0.2, -0.15) is 0 Å². The molecule has 2 N–H and O–H groups in total. The van der Waals surface area contributed by atoms with Crippen molar-refractivity contribution in [1.29, 1.82) is 0 Å². The minimum atomic E-state index is -0.949. The Morgan fingerprint density at radius 1 is 1.43 bits per heavy atom. The third kappa shape index (κ3) is 4.41. The second kappa shape index (κ2) is 7.08. The molecule has 1 fully saturated rings. The van der Waals surface area contributed by atoms with Crippen LogP contribution in [0.4, 0.5) is 11.4 Å². The van der Waals surface area contributed by atoms with Gasteiger partial charge in [0, 0.05) is 18.7 Å². The van der Waals surface area contributed by atoms with Gasteiger partial charge in [-0.15, -0.1) is 0 Å². The quantitative estimate of drug-likeness (QED) is 0.557. The van der Waals surface area contributed by atoms with E-state index in [9.17, 15) is 19.7 Å². The van der Waals surface area contributed by atoms with Crippen LogP contribution in [0.5, 0.6) is 0 Å². The monoisotopic (exact) mass is 321 g/mol. The van der Waals surface area contributed by atoms with Gasteiger partial charge in [-0.25, -0.2) is 0 Å². The Balaban J connectivity index is 2.00. The molecule has 8 nitrogen and oxygen atoms in total. The number of carboxylic acid groups (broad SMARTS) is 1. The van der Waals surface area contributed by atoms with Crippen LogP contribution in [-0.2, 0) is 9.59 Å². The fourth-order valence-corrected chi connectivity index (χ4v) is 2.27. The summed E-state index contributed by atoms with van der Waals surface area (Å²) < 4.78 is 0. The number of nitro groups is 1. The number of nitrogens with zero attached hydrogens (tertiary/aromatic N) is 2. The fraction of sp³-hybridized carbons (Fsp3) is 0.467. The molecule has 1 aromatic carbocycles. The van der Waals surface area contributed by atoms with Crippen molar-refractivity contribution in [2.24, 2.45) is 5.92 Å². The largest absolute Gasteiger partial charge is 0.481 e. The van der Waals surface area contributed by atoms with Gasteiger partial charge in [0.2, 0.25) is 5.91 Å². The maximum Gasteiger partial charge on any atom is 0.308 e. The van der Waals surface area contributed by atoms with E-state index in [1.54, 1.807) is 24.0 Å². The summed E-state index contributed by atoms with van der Waals surface area (Å²) in [6, 6.07) is 6.17. The van der Waals surface area contributed by atoms with Gasteiger partial charge in [-0.1, -0.05) is 19.1 Å². The molecule has 8 heteroatoms. The minimum absolute atomic E-state index is 0.0804. The molecule has 1 saturated carbocycles. The Hall–Kier alpha value is -2.64. The zero-order chi connectivity index (χ0) is 17.0. The molecule has 0 radical (unpaired) electrons. The van der Waals surface area contributed by atoms with Gasteiger partial charge in [0.25, 0.3) is 5.69 Å². The molecule has 1 aromatic rings. The molecule has 23 heavy (non-hydrogen) atoms. The van der Waals surface area contributed by atoms with E-state index in [1.165, 1.54) is 12.1 Å². The predicted molar refractivity (Wildman–Crippen MR) is 83.1 cm³/mol. The van der Waals surface area contributed by atoms with Crippen LogP contribution >= 0.6 is 0 Å². The number of carbonyl (C=O) groups excluding carboxylic acids is 1. The van der Waals surface area contributed by atoms with E-state index in [4.69, 9.17) is 5.11 Å². The van der Waals surface area contributed by atoms with Crippen molar-refractivity contribution >= 4 is 23.3 Å². The number of hydrogen-bond acceptors (Lipinski definition) is 5. The molecule has 0 heterocycles. The maximum atomic E-state index is 12.3. The van der Waals surface area contributed by atoms with Crippen molar-refractivity contribution in [3.8, 4) is 0 Å². The second-order valence-corrected chi connectivity index (χ2v) is 5.64. The van der Waals surface area contributed by atoms with Gasteiger partial charge >= 0.3 is 5.97 Å². The van der Waals surface area contributed by atoms with Crippen LogP contribution in [0.25, 0.3) is 0 Å². The molecule has 0 bridgehead atoms. The maximum absolute atomic E-state index is 12.3. The lowest BCUT2D eigenvalue weighted by Gasteiger charge is -2.24. The van der Waals surface area contributed by atoms with Crippen molar-refractivity contribution < 1.29 is 19.6 Å². The highest BCUT2D eigenvalue weighted by Crippen LogP contribution is 2.28. The van der Waals surface area contributed by atoms with Gasteiger partial charge < -0.3 is 15.3 Å². The van der Waals surface area contributed by atoms with Crippen LogP contribution in [0.3, 0.4) is 0 Å². The second-order valence-electron chi connectivity index (χ2n) is 5.64. The zero-order valence-electron chi connectivity index (χ0n) is 12.8. The summed E-state index contributed by atoms with van der Waals surface area (Å²) in [6.07, 6.45) is 1.73. The number of nitro benzene ring substituents is 1. The molecule has 124 valence electrons. The van der Waals surface area contributed by atoms with Crippen molar-refractivity contribution in [3.05, 3.63) is 34.4 Å². The average molecular weight is 321 g/mol. The van der Waals surface area contributed by atoms with Crippen LogP contribution in [0, 0.1) is 16.0 Å². The van der Waals surface area contributed by atoms with Gasteiger partial charge in [0.1, 0.15) is 5.69 Å². The molecule has 0 saturated heterocycles. The van der Waals surface area contributed by atoms with Crippen LogP contribution < -0.4 is 5.32 Å². The van der Waals surface area contributed by atoms with Crippen LogP contribution in [0.2, 0.25) is 0 Å². The van der Waals surface area contributed by atoms with Gasteiger partial charge in [0.15, 0.2) is 0 Å². The molecule has 1 aliphatic rings. The Kier molecular flexibility index (Phi) is 5.15. The first-order valence-electron chi connectivity index (χ1n) is 7.39. The van der Waals surface area contributed by atoms with Crippen LogP contribution in [-0.4, -0.2) is 45.9 Å². The summed E-state index contributed by atoms with van der Waals surface area (Å²) in [5.41, 5.74) is 0.171. The van der Waals surface area contributed by atoms with E-state index in [-0.39, 0.29) is 36.4 Å². The highest BCUT2D eigenvalue weighted by atomic mass is 16.6. The summed E-state index contributed by atoms with van der Waals surface area (Å²) in [7, 11) is 0. The first kappa shape index (κ1) is 16.7. The highest BCUT2D eigenvalue weighted by Gasteiger charge is 2.34. The summed E-state index contributed by atoms with van der Waals surface area (Å²) in [4.78, 5) is 35.3. The number of hydrogen-bond donors (Lipinski definition) is 2.